The molecule has 1 spiro atoms. The Morgan fingerprint density at radius 2 is 1.93 bits per heavy atom. The van der Waals surface area contributed by atoms with Gasteiger partial charge in [0, 0.05) is 37.4 Å². The molecule has 0 bridgehead atoms. The highest BCUT2D eigenvalue weighted by atomic mass is 32.2. The van der Waals surface area contributed by atoms with Crippen LogP contribution in [-0.2, 0) is 9.59 Å². The largest absolute Gasteiger partial charge is 0.490 e. The molecule has 166 valence electrons. The van der Waals surface area contributed by atoms with Crippen molar-refractivity contribution in [2.45, 2.75) is 42.5 Å². The third-order valence-corrected chi connectivity index (χ3v) is 6.70. The molecular formula is C18H19F5N2O4S. The van der Waals surface area contributed by atoms with Gasteiger partial charge >= 0.3 is 12.1 Å². The number of halogens is 5. The molecule has 0 aromatic carbocycles. The van der Waals surface area contributed by atoms with E-state index in [9.17, 15) is 26.7 Å². The number of hydrogen-bond donors (Lipinski definition) is 1. The average Bonchev–Trinajstić information content (AvgIpc) is 3.03. The van der Waals surface area contributed by atoms with Gasteiger partial charge in [-0.3, -0.25) is 4.79 Å². The van der Waals surface area contributed by atoms with Gasteiger partial charge in [0.1, 0.15) is 12.3 Å². The smallest absolute Gasteiger partial charge is 0.475 e. The van der Waals surface area contributed by atoms with E-state index in [2.05, 4.69) is 4.98 Å². The van der Waals surface area contributed by atoms with Crippen LogP contribution in [0.2, 0.25) is 0 Å². The first-order chi connectivity index (χ1) is 14.0. The maximum absolute atomic E-state index is 13.6. The topological polar surface area (TPSA) is 79.7 Å². The molecule has 1 saturated carbocycles. The minimum absolute atomic E-state index is 0.0183. The first kappa shape index (κ1) is 22.6. The Morgan fingerprint density at radius 3 is 2.47 bits per heavy atom. The van der Waals surface area contributed by atoms with Crippen molar-refractivity contribution >= 4 is 23.6 Å². The Bertz CT molecular complexity index is 797. The summed E-state index contributed by atoms with van der Waals surface area (Å²) < 4.78 is 63.9. The highest BCUT2D eigenvalue weighted by Gasteiger charge is 2.53. The number of amides is 1. The van der Waals surface area contributed by atoms with Crippen molar-refractivity contribution in [2.75, 3.05) is 18.8 Å². The van der Waals surface area contributed by atoms with Crippen LogP contribution in [0.15, 0.2) is 18.3 Å². The number of thioether (sulfide) groups is 1. The molecule has 3 heterocycles. The van der Waals surface area contributed by atoms with E-state index in [1.54, 1.807) is 11.8 Å². The summed E-state index contributed by atoms with van der Waals surface area (Å²) in [6, 6.07) is 2.87. The Morgan fingerprint density at radius 1 is 1.30 bits per heavy atom. The van der Waals surface area contributed by atoms with Crippen molar-refractivity contribution in [3.05, 3.63) is 24.1 Å². The van der Waals surface area contributed by atoms with Crippen LogP contribution >= 0.6 is 11.8 Å². The van der Waals surface area contributed by atoms with E-state index in [-0.39, 0.29) is 28.6 Å². The number of carbonyl (C=O) groups is 2. The zero-order valence-electron chi connectivity index (χ0n) is 15.6. The number of alkyl halides is 4. The number of ether oxygens (including phenoxy) is 1. The van der Waals surface area contributed by atoms with Crippen LogP contribution in [0.25, 0.3) is 0 Å². The van der Waals surface area contributed by atoms with E-state index in [4.69, 9.17) is 14.6 Å². The summed E-state index contributed by atoms with van der Waals surface area (Å²) in [6.45, 7) is 1.38. The van der Waals surface area contributed by atoms with Gasteiger partial charge in [-0.25, -0.2) is 18.6 Å². The number of likely N-dealkylation sites (tertiary alicyclic amines) is 1. The molecule has 2 saturated heterocycles. The van der Waals surface area contributed by atoms with E-state index in [1.807, 2.05) is 4.90 Å². The zero-order chi connectivity index (χ0) is 22.1. The molecule has 12 heteroatoms. The molecule has 3 fully saturated rings. The van der Waals surface area contributed by atoms with E-state index >= 15 is 0 Å². The van der Waals surface area contributed by atoms with Crippen molar-refractivity contribution < 1.29 is 41.4 Å². The van der Waals surface area contributed by atoms with Gasteiger partial charge in [-0.15, -0.1) is 11.8 Å². The van der Waals surface area contributed by atoms with E-state index in [0.29, 0.717) is 25.9 Å². The summed E-state index contributed by atoms with van der Waals surface area (Å²) >= 11 is 1.78. The van der Waals surface area contributed by atoms with Gasteiger partial charge in [-0.05, 0) is 25.0 Å². The number of aromatic nitrogens is 1. The minimum Gasteiger partial charge on any atom is -0.475 e. The van der Waals surface area contributed by atoms with Gasteiger partial charge in [0.15, 0.2) is 5.82 Å². The molecule has 30 heavy (non-hydrogen) atoms. The summed E-state index contributed by atoms with van der Waals surface area (Å²) in [5.74, 6) is -2.42. The maximum Gasteiger partial charge on any atom is 0.490 e. The molecule has 1 atom stereocenters. The lowest BCUT2D eigenvalue weighted by Crippen LogP contribution is -2.62. The van der Waals surface area contributed by atoms with Crippen molar-refractivity contribution in [1.82, 2.24) is 9.88 Å². The fourth-order valence-corrected chi connectivity index (χ4v) is 5.05. The maximum atomic E-state index is 13.6. The average molecular weight is 454 g/mol. The van der Waals surface area contributed by atoms with E-state index < -0.39 is 24.1 Å². The first-order valence-corrected chi connectivity index (χ1v) is 10.1. The van der Waals surface area contributed by atoms with Gasteiger partial charge in [0.05, 0.1) is 4.75 Å². The summed E-state index contributed by atoms with van der Waals surface area (Å²) in [5, 5.41) is 7.12. The standard InChI is InChI=1S/C16H18F2N2O2S.C2HF3O2/c17-11-4-10(5-11)15(21)20-8-16(9-20)6-12(7-23-16)22-14-13(18)2-1-3-19-14;3-2(4,5)1(6)7/h1-3,10-12H,4-9H2;(H,6,7). The highest BCUT2D eigenvalue weighted by Crippen LogP contribution is 2.47. The Labute approximate surface area is 172 Å². The quantitative estimate of drug-likeness (QED) is 0.708. The monoisotopic (exact) mass is 454 g/mol. The molecule has 3 aliphatic rings. The van der Waals surface area contributed by atoms with Gasteiger partial charge in [-0.1, -0.05) is 0 Å². The van der Waals surface area contributed by atoms with Gasteiger partial charge in [0.2, 0.25) is 5.91 Å². The van der Waals surface area contributed by atoms with Crippen LogP contribution < -0.4 is 4.74 Å². The molecule has 1 amide bonds. The summed E-state index contributed by atoms with van der Waals surface area (Å²) in [4.78, 5) is 26.8. The first-order valence-electron chi connectivity index (χ1n) is 9.13. The molecule has 1 unspecified atom stereocenters. The lowest BCUT2D eigenvalue weighted by Gasteiger charge is -2.49. The number of aliphatic carboxylic acids is 1. The molecule has 1 aliphatic carbocycles. The SMILES string of the molecule is O=C(C1CC(F)C1)N1CC2(CC(Oc3ncccc3F)CS2)C1.O=C(O)C(F)(F)F. The van der Waals surface area contributed by atoms with Crippen molar-refractivity contribution in [2.24, 2.45) is 5.92 Å². The summed E-state index contributed by atoms with van der Waals surface area (Å²) in [5.41, 5.74) is 0. The fourth-order valence-electron chi connectivity index (χ4n) is 3.53. The van der Waals surface area contributed by atoms with Gasteiger partial charge in [-0.2, -0.15) is 13.2 Å². The van der Waals surface area contributed by atoms with Gasteiger partial charge < -0.3 is 14.7 Å². The molecule has 0 radical (unpaired) electrons. The van der Waals surface area contributed by atoms with Crippen LogP contribution in [0.4, 0.5) is 22.0 Å². The van der Waals surface area contributed by atoms with Crippen molar-refractivity contribution in [1.29, 1.82) is 0 Å². The van der Waals surface area contributed by atoms with E-state index in [1.165, 1.54) is 18.3 Å². The number of carbonyl (C=O) groups excluding carboxylic acids is 1. The molecule has 6 nitrogen and oxygen atoms in total. The number of nitrogens with zero attached hydrogens (tertiary/aromatic N) is 2. The Hall–Kier alpha value is -2.11. The highest BCUT2D eigenvalue weighted by molar-refractivity contribution is 8.01. The minimum atomic E-state index is -5.08. The van der Waals surface area contributed by atoms with Crippen LogP contribution in [0.1, 0.15) is 19.3 Å². The fraction of sp³-hybridized carbons (Fsp3) is 0.611. The third kappa shape index (κ3) is 5.13. The zero-order valence-corrected chi connectivity index (χ0v) is 16.4. The van der Waals surface area contributed by atoms with Gasteiger partial charge in [0.25, 0.3) is 5.88 Å². The Balaban J connectivity index is 0.000000318. The Kier molecular flexibility index (Phi) is 6.44. The predicted octanol–water partition coefficient (Wildman–Crippen LogP) is 3.07. The predicted molar refractivity (Wildman–Crippen MR) is 96.3 cm³/mol. The molecular weight excluding hydrogens is 435 g/mol. The van der Waals surface area contributed by atoms with Crippen molar-refractivity contribution in [3.63, 3.8) is 0 Å². The number of carboxylic acids is 1. The second-order valence-electron chi connectivity index (χ2n) is 7.49. The second-order valence-corrected chi connectivity index (χ2v) is 8.98. The summed E-state index contributed by atoms with van der Waals surface area (Å²) in [6.07, 6.45) is -2.92. The number of rotatable bonds is 3. The van der Waals surface area contributed by atoms with E-state index in [0.717, 1.165) is 12.2 Å². The van der Waals surface area contributed by atoms with Crippen LogP contribution in [0.5, 0.6) is 5.88 Å². The van der Waals surface area contributed by atoms with Crippen molar-refractivity contribution in [3.8, 4) is 5.88 Å². The third-order valence-electron chi connectivity index (χ3n) is 5.12. The normalized spacial score (nSPS) is 26.8. The number of pyridine rings is 1. The molecule has 1 aromatic heterocycles. The lowest BCUT2D eigenvalue weighted by molar-refractivity contribution is -0.192. The lowest BCUT2D eigenvalue weighted by atomic mass is 9.80. The number of hydrogen-bond acceptors (Lipinski definition) is 5. The molecule has 1 aromatic rings. The van der Waals surface area contributed by atoms with Crippen LogP contribution in [0.3, 0.4) is 0 Å². The molecule has 2 aliphatic heterocycles. The number of carboxylic acid groups (broad SMARTS) is 1. The van der Waals surface area contributed by atoms with Crippen LogP contribution in [-0.4, -0.2) is 68.9 Å². The molecule has 4 rings (SSSR count). The second kappa shape index (κ2) is 8.56. The summed E-state index contributed by atoms with van der Waals surface area (Å²) in [7, 11) is 0. The van der Waals surface area contributed by atoms with Crippen LogP contribution in [0, 0.1) is 11.7 Å². The molecule has 1 N–H and O–H groups in total.